The van der Waals surface area contributed by atoms with Crippen LogP contribution < -0.4 is 11.3 Å². The van der Waals surface area contributed by atoms with Crippen molar-refractivity contribution < 1.29 is 19.4 Å². The number of rotatable bonds is 2. The molecule has 0 aromatic heterocycles. The largest absolute Gasteiger partial charge is 0.388 e. The first kappa shape index (κ1) is 12.7. The summed E-state index contributed by atoms with van der Waals surface area (Å²) in [6.07, 6.45) is -1.95. The van der Waals surface area contributed by atoms with Gasteiger partial charge in [0.05, 0.1) is 23.5 Å². The monoisotopic (exact) mass is 255 g/mol. The Bertz CT molecular complexity index is 459. The molecule has 7 heteroatoms. The second-order valence-corrected chi connectivity index (χ2v) is 4.15. The van der Waals surface area contributed by atoms with Crippen molar-refractivity contribution in [1.29, 1.82) is 0 Å². The number of para-hydroxylation sites is 1. The molecule has 0 saturated carbocycles. The van der Waals surface area contributed by atoms with Gasteiger partial charge in [-0.15, -0.1) is 0 Å². The molecule has 1 amide bonds. The van der Waals surface area contributed by atoms with Crippen molar-refractivity contribution in [3.63, 3.8) is 0 Å². The molecule has 0 radical (unpaired) electrons. The van der Waals surface area contributed by atoms with E-state index in [1.54, 1.807) is 0 Å². The number of β-amino-alcohol motifs (C(OH)–C–C–N with tert-alkyl or cyclic N) is 2. The number of nitrogens with two attached hydrogens (primary N) is 1. The maximum atomic E-state index is 13.4. The van der Waals surface area contributed by atoms with E-state index in [9.17, 15) is 19.4 Å². The minimum atomic E-state index is -0.975. The van der Waals surface area contributed by atoms with Gasteiger partial charge in [0.15, 0.2) is 0 Å². The molecule has 0 bridgehead atoms. The highest BCUT2D eigenvalue weighted by molar-refractivity contribution is 5.99. The zero-order chi connectivity index (χ0) is 13.3. The summed E-state index contributed by atoms with van der Waals surface area (Å²) >= 11 is 0. The molecule has 5 N–H and O–H groups in total. The Balaban J connectivity index is 2.27. The minimum Gasteiger partial charge on any atom is -0.388 e. The number of likely N-dealkylation sites (tertiary alicyclic amines) is 1. The molecule has 98 valence electrons. The predicted molar refractivity (Wildman–Crippen MR) is 62.1 cm³/mol. The number of aliphatic hydroxyl groups is 2. The highest BCUT2D eigenvalue weighted by Crippen LogP contribution is 2.22. The van der Waals surface area contributed by atoms with Crippen LogP contribution in [-0.4, -0.2) is 46.3 Å². The van der Waals surface area contributed by atoms with Crippen molar-refractivity contribution in [2.24, 2.45) is 5.84 Å². The smallest absolute Gasteiger partial charge is 0.256 e. The Morgan fingerprint density at radius 2 is 2.00 bits per heavy atom. The molecule has 1 aliphatic heterocycles. The molecule has 1 saturated heterocycles. The lowest BCUT2D eigenvalue weighted by molar-refractivity contribution is 0.0572. The highest BCUT2D eigenvalue weighted by Gasteiger charge is 2.33. The predicted octanol–water partition coefficient (Wildman–Crippen LogP) is -0.711. The molecule has 18 heavy (non-hydrogen) atoms. The third-order valence-electron chi connectivity index (χ3n) is 2.93. The quantitative estimate of drug-likeness (QED) is 0.413. The number of halogens is 1. The molecule has 1 aromatic carbocycles. The summed E-state index contributed by atoms with van der Waals surface area (Å²) in [4.78, 5) is 13.4. The van der Waals surface area contributed by atoms with Gasteiger partial charge >= 0.3 is 0 Å². The van der Waals surface area contributed by atoms with Crippen LogP contribution in [-0.2, 0) is 0 Å². The van der Waals surface area contributed by atoms with Crippen LogP contribution in [0.5, 0.6) is 0 Å². The summed E-state index contributed by atoms with van der Waals surface area (Å²) in [5, 5.41) is 18.8. The summed E-state index contributed by atoms with van der Waals surface area (Å²) < 4.78 is 13.4. The van der Waals surface area contributed by atoms with Crippen molar-refractivity contribution in [1.82, 2.24) is 4.90 Å². The van der Waals surface area contributed by atoms with Gasteiger partial charge in [-0.25, -0.2) is 4.39 Å². The lowest BCUT2D eigenvalue weighted by atomic mass is 10.1. The standard InChI is InChI=1S/C11H14FN3O3/c12-7-3-1-2-6(10(7)14-13)11(18)15-4-8(16)9(17)5-15/h1-3,8-9,14,16-17H,4-5,13H2. The van der Waals surface area contributed by atoms with Crippen LogP contribution in [0.25, 0.3) is 0 Å². The van der Waals surface area contributed by atoms with Gasteiger partial charge < -0.3 is 20.5 Å². The van der Waals surface area contributed by atoms with Gasteiger partial charge in [-0.1, -0.05) is 6.07 Å². The summed E-state index contributed by atoms with van der Waals surface area (Å²) in [5.74, 6) is 4.06. The first-order valence-electron chi connectivity index (χ1n) is 5.45. The molecule has 2 unspecified atom stereocenters. The number of carbonyl (C=O) groups is 1. The number of benzene rings is 1. The third-order valence-corrected chi connectivity index (χ3v) is 2.93. The lowest BCUT2D eigenvalue weighted by Gasteiger charge is -2.17. The van der Waals surface area contributed by atoms with Crippen LogP contribution in [0.2, 0.25) is 0 Å². The van der Waals surface area contributed by atoms with Crippen LogP contribution in [0.15, 0.2) is 18.2 Å². The number of anilines is 1. The topological polar surface area (TPSA) is 98.8 Å². The zero-order valence-electron chi connectivity index (χ0n) is 9.51. The number of hydrogen-bond donors (Lipinski definition) is 4. The maximum absolute atomic E-state index is 13.4. The van der Waals surface area contributed by atoms with E-state index >= 15 is 0 Å². The molecule has 6 nitrogen and oxygen atoms in total. The molecular formula is C11H14FN3O3. The summed E-state index contributed by atoms with van der Waals surface area (Å²) in [7, 11) is 0. The van der Waals surface area contributed by atoms with Crippen molar-refractivity contribution in [3.8, 4) is 0 Å². The molecular weight excluding hydrogens is 241 g/mol. The number of carbonyl (C=O) groups excluding carboxylic acids is 1. The summed E-state index contributed by atoms with van der Waals surface area (Å²) in [5.41, 5.74) is 2.11. The fraction of sp³-hybridized carbons (Fsp3) is 0.364. The van der Waals surface area contributed by atoms with Gasteiger partial charge in [0.1, 0.15) is 5.82 Å². The normalized spacial score (nSPS) is 23.2. The SMILES string of the molecule is NNc1c(F)cccc1C(=O)N1CC(O)C(O)C1. The Hall–Kier alpha value is -1.70. The fourth-order valence-corrected chi connectivity index (χ4v) is 1.95. The Labute approximate surface area is 103 Å². The molecule has 1 heterocycles. The first-order chi connectivity index (χ1) is 8.54. The Morgan fingerprint density at radius 3 is 2.56 bits per heavy atom. The van der Waals surface area contributed by atoms with Crippen LogP contribution in [0.4, 0.5) is 10.1 Å². The van der Waals surface area contributed by atoms with E-state index < -0.39 is 23.9 Å². The number of aliphatic hydroxyl groups excluding tert-OH is 2. The van der Waals surface area contributed by atoms with Crippen LogP contribution >= 0.6 is 0 Å². The van der Waals surface area contributed by atoms with E-state index in [0.717, 1.165) is 0 Å². The molecule has 1 fully saturated rings. The molecule has 0 spiro atoms. The molecule has 0 aliphatic carbocycles. The molecule has 1 aromatic rings. The fourth-order valence-electron chi connectivity index (χ4n) is 1.95. The van der Waals surface area contributed by atoms with Crippen molar-refractivity contribution in [2.75, 3.05) is 18.5 Å². The van der Waals surface area contributed by atoms with Gasteiger partial charge in [0, 0.05) is 13.1 Å². The van der Waals surface area contributed by atoms with Crippen molar-refractivity contribution >= 4 is 11.6 Å². The van der Waals surface area contributed by atoms with Gasteiger partial charge in [0.25, 0.3) is 5.91 Å². The number of hydrogen-bond acceptors (Lipinski definition) is 5. The number of nitrogens with zero attached hydrogens (tertiary/aromatic N) is 1. The second-order valence-electron chi connectivity index (χ2n) is 4.15. The highest BCUT2D eigenvalue weighted by atomic mass is 19.1. The summed E-state index contributed by atoms with van der Waals surface area (Å²) in [6.45, 7) is 0.0288. The van der Waals surface area contributed by atoms with Crippen molar-refractivity contribution in [3.05, 3.63) is 29.6 Å². The van der Waals surface area contributed by atoms with E-state index in [-0.39, 0.29) is 24.3 Å². The maximum Gasteiger partial charge on any atom is 0.256 e. The van der Waals surface area contributed by atoms with Crippen LogP contribution in [0.3, 0.4) is 0 Å². The Kier molecular flexibility index (Phi) is 3.46. The average molecular weight is 255 g/mol. The lowest BCUT2D eigenvalue weighted by Crippen LogP contribution is -2.31. The molecule has 2 rings (SSSR count). The third kappa shape index (κ3) is 2.15. The van der Waals surface area contributed by atoms with Gasteiger partial charge in [-0.05, 0) is 12.1 Å². The van der Waals surface area contributed by atoms with Crippen LogP contribution in [0.1, 0.15) is 10.4 Å². The van der Waals surface area contributed by atoms with Crippen LogP contribution in [0, 0.1) is 5.82 Å². The number of hydrazine groups is 1. The van der Waals surface area contributed by atoms with Gasteiger partial charge in [-0.2, -0.15) is 0 Å². The summed E-state index contributed by atoms with van der Waals surface area (Å²) in [6, 6.07) is 4.00. The van der Waals surface area contributed by atoms with E-state index in [2.05, 4.69) is 5.43 Å². The number of amides is 1. The molecule has 2 atom stereocenters. The van der Waals surface area contributed by atoms with Crippen molar-refractivity contribution in [2.45, 2.75) is 12.2 Å². The zero-order valence-corrected chi connectivity index (χ0v) is 9.51. The van der Waals surface area contributed by atoms with Gasteiger partial charge in [0.2, 0.25) is 0 Å². The Morgan fingerprint density at radius 1 is 1.39 bits per heavy atom. The average Bonchev–Trinajstić information content (AvgIpc) is 2.68. The first-order valence-corrected chi connectivity index (χ1v) is 5.45. The number of nitrogens with one attached hydrogen (secondary N) is 1. The van der Waals surface area contributed by atoms with E-state index in [4.69, 9.17) is 5.84 Å². The molecule has 1 aliphatic rings. The number of nitrogen functional groups attached to an aromatic ring is 1. The van der Waals surface area contributed by atoms with E-state index in [1.165, 1.54) is 23.1 Å². The van der Waals surface area contributed by atoms with Gasteiger partial charge in [-0.3, -0.25) is 10.6 Å². The van der Waals surface area contributed by atoms with E-state index in [1.807, 2.05) is 0 Å². The van der Waals surface area contributed by atoms with E-state index in [0.29, 0.717) is 0 Å². The minimum absolute atomic E-state index is 0.0144. The second kappa shape index (κ2) is 4.89.